The van der Waals surface area contributed by atoms with Crippen LogP contribution in [0, 0.1) is 0 Å². The van der Waals surface area contributed by atoms with Crippen molar-refractivity contribution in [2.75, 3.05) is 12.5 Å². The fourth-order valence-corrected chi connectivity index (χ4v) is 1.78. The first-order chi connectivity index (χ1) is 6.24. The molecular formula is C9H11NO2S. The van der Waals surface area contributed by atoms with Gasteiger partial charge in [-0.2, -0.15) is 0 Å². The molecular weight excluding hydrogens is 186 g/mol. The lowest BCUT2D eigenvalue weighted by Crippen LogP contribution is -2.18. The van der Waals surface area contributed by atoms with Crippen LogP contribution in [0.15, 0.2) is 24.3 Å². The molecule has 0 spiro atoms. The van der Waals surface area contributed by atoms with Crippen LogP contribution in [0.3, 0.4) is 0 Å². The monoisotopic (exact) mass is 197 g/mol. The molecule has 0 saturated carbocycles. The molecule has 3 N–H and O–H groups in total. The van der Waals surface area contributed by atoms with Crippen LogP contribution >= 0.6 is 11.8 Å². The van der Waals surface area contributed by atoms with Gasteiger partial charge in [0.2, 0.25) is 0 Å². The molecule has 1 heterocycles. The Morgan fingerprint density at radius 3 is 3.00 bits per heavy atom. The summed E-state index contributed by atoms with van der Waals surface area (Å²) >= 11 is 1.71. The van der Waals surface area contributed by atoms with Crippen LogP contribution in [-0.2, 0) is 4.87 Å². The highest BCUT2D eigenvalue weighted by molar-refractivity contribution is 8.07. The van der Waals surface area contributed by atoms with Gasteiger partial charge in [-0.15, -0.1) is 11.8 Å². The van der Waals surface area contributed by atoms with Gasteiger partial charge in [0.15, 0.2) is 6.79 Å². The quantitative estimate of drug-likeness (QED) is 0.557. The lowest BCUT2D eigenvalue weighted by Gasteiger charge is -2.09. The lowest BCUT2D eigenvalue weighted by atomic mass is 10.1. The number of aliphatic hydroxyl groups is 1. The number of aliphatic hydroxyl groups excluding tert-OH is 1. The van der Waals surface area contributed by atoms with E-state index in [1.165, 1.54) is 0 Å². The van der Waals surface area contributed by atoms with Crippen molar-refractivity contribution in [2.24, 2.45) is 5.73 Å². The molecule has 1 aliphatic heterocycles. The SMILES string of the molecule is NC1(c2cccc(OCO)c2)CS1. The van der Waals surface area contributed by atoms with Gasteiger partial charge in [-0.25, -0.2) is 0 Å². The lowest BCUT2D eigenvalue weighted by molar-refractivity contribution is 0.0984. The first kappa shape index (κ1) is 8.87. The smallest absolute Gasteiger partial charge is 0.186 e. The van der Waals surface area contributed by atoms with Crippen LogP contribution in [-0.4, -0.2) is 17.7 Å². The number of thioether (sulfide) groups is 1. The summed E-state index contributed by atoms with van der Waals surface area (Å²) in [7, 11) is 0. The molecule has 13 heavy (non-hydrogen) atoms. The number of hydrogen-bond donors (Lipinski definition) is 2. The summed E-state index contributed by atoms with van der Waals surface area (Å²) in [4.78, 5) is -0.213. The van der Waals surface area contributed by atoms with E-state index in [2.05, 4.69) is 0 Å². The zero-order chi connectivity index (χ0) is 9.31. The molecule has 1 saturated heterocycles. The molecule has 3 nitrogen and oxygen atoms in total. The Hall–Kier alpha value is -0.710. The summed E-state index contributed by atoms with van der Waals surface area (Å²) in [6.07, 6.45) is 0. The van der Waals surface area contributed by atoms with Crippen molar-refractivity contribution >= 4 is 11.8 Å². The van der Waals surface area contributed by atoms with E-state index in [0.29, 0.717) is 5.75 Å². The van der Waals surface area contributed by atoms with Gasteiger partial charge in [0, 0.05) is 5.75 Å². The summed E-state index contributed by atoms with van der Waals surface area (Å²) in [5, 5.41) is 8.57. The molecule has 4 heteroatoms. The van der Waals surface area contributed by atoms with Gasteiger partial charge in [0.1, 0.15) is 5.75 Å². The van der Waals surface area contributed by atoms with Crippen molar-refractivity contribution < 1.29 is 9.84 Å². The molecule has 1 atom stereocenters. The minimum atomic E-state index is -0.297. The van der Waals surface area contributed by atoms with Crippen molar-refractivity contribution in [3.05, 3.63) is 29.8 Å². The zero-order valence-corrected chi connectivity index (χ0v) is 7.88. The van der Waals surface area contributed by atoms with Gasteiger partial charge >= 0.3 is 0 Å². The van der Waals surface area contributed by atoms with Gasteiger partial charge in [-0.05, 0) is 17.7 Å². The highest BCUT2D eigenvalue weighted by atomic mass is 32.2. The average molecular weight is 197 g/mol. The average Bonchev–Trinajstić information content (AvgIpc) is 2.86. The molecule has 1 aromatic carbocycles. The standard InChI is InChI=1S/C9H11NO2S/c10-9(5-13-9)7-2-1-3-8(4-7)12-6-11/h1-4,11H,5-6,10H2. The van der Waals surface area contributed by atoms with Gasteiger partial charge in [-0.1, -0.05) is 12.1 Å². The molecule has 0 amide bonds. The van der Waals surface area contributed by atoms with Crippen LogP contribution in [0.4, 0.5) is 0 Å². The van der Waals surface area contributed by atoms with Crippen LogP contribution < -0.4 is 10.5 Å². The topological polar surface area (TPSA) is 55.5 Å². The second kappa shape index (κ2) is 3.21. The van der Waals surface area contributed by atoms with Crippen molar-refractivity contribution in [3.8, 4) is 5.75 Å². The zero-order valence-electron chi connectivity index (χ0n) is 7.06. The second-order valence-corrected chi connectivity index (χ2v) is 4.29. The van der Waals surface area contributed by atoms with Crippen LogP contribution in [0.2, 0.25) is 0 Å². The molecule has 0 aliphatic carbocycles. The van der Waals surface area contributed by atoms with Crippen LogP contribution in [0.25, 0.3) is 0 Å². The van der Waals surface area contributed by atoms with Crippen LogP contribution in [0.1, 0.15) is 5.56 Å². The summed E-state index contributed by atoms with van der Waals surface area (Å²) in [6, 6.07) is 7.53. The maximum absolute atomic E-state index is 8.57. The van der Waals surface area contributed by atoms with Gasteiger partial charge < -0.3 is 15.6 Å². The van der Waals surface area contributed by atoms with Crippen molar-refractivity contribution in [3.63, 3.8) is 0 Å². The normalized spacial score (nSPS) is 25.7. The molecule has 70 valence electrons. The molecule has 2 rings (SSSR count). The van der Waals surface area contributed by atoms with E-state index < -0.39 is 0 Å². The highest BCUT2D eigenvalue weighted by Gasteiger charge is 2.41. The molecule has 0 radical (unpaired) electrons. The predicted molar refractivity (Wildman–Crippen MR) is 52.5 cm³/mol. The van der Waals surface area contributed by atoms with E-state index in [-0.39, 0.29) is 11.7 Å². The Labute approximate surface area is 80.9 Å². The summed E-state index contributed by atoms with van der Waals surface area (Å²) in [6.45, 7) is -0.297. The van der Waals surface area contributed by atoms with E-state index in [0.717, 1.165) is 11.3 Å². The Morgan fingerprint density at radius 2 is 2.38 bits per heavy atom. The fraction of sp³-hybridized carbons (Fsp3) is 0.333. The largest absolute Gasteiger partial charge is 0.468 e. The maximum atomic E-state index is 8.57. The molecule has 1 aromatic rings. The van der Waals surface area contributed by atoms with Crippen molar-refractivity contribution in [1.82, 2.24) is 0 Å². The second-order valence-electron chi connectivity index (χ2n) is 2.98. The Morgan fingerprint density at radius 1 is 1.62 bits per heavy atom. The van der Waals surface area contributed by atoms with Crippen LogP contribution in [0.5, 0.6) is 5.75 Å². The number of benzene rings is 1. The first-order valence-electron chi connectivity index (χ1n) is 4.02. The molecule has 1 unspecified atom stereocenters. The Balaban J connectivity index is 2.22. The van der Waals surface area contributed by atoms with Crippen molar-refractivity contribution in [2.45, 2.75) is 4.87 Å². The first-order valence-corrected chi connectivity index (χ1v) is 5.00. The molecule has 1 fully saturated rings. The minimum Gasteiger partial charge on any atom is -0.468 e. The van der Waals surface area contributed by atoms with E-state index in [1.807, 2.05) is 18.2 Å². The Kier molecular flexibility index (Phi) is 2.19. The third-order valence-corrected chi connectivity index (χ3v) is 3.16. The van der Waals surface area contributed by atoms with E-state index >= 15 is 0 Å². The number of hydrogen-bond acceptors (Lipinski definition) is 4. The van der Waals surface area contributed by atoms with Crippen molar-refractivity contribution in [1.29, 1.82) is 0 Å². The summed E-state index contributed by atoms with van der Waals surface area (Å²) in [5.74, 6) is 1.62. The van der Waals surface area contributed by atoms with Gasteiger partial charge in [0.05, 0.1) is 4.87 Å². The third kappa shape index (κ3) is 1.80. The fourth-order valence-electron chi connectivity index (χ4n) is 1.17. The van der Waals surface area contributed by atoms with E-state index in [9.17, 15) is 0 Å². The van der Waals surface area contributed by atoms with Gasteiger partial charge in [-0.3, -0.25) is 0 Å². The van der Waals surface area contributed by atoms with Gasteiger partial charge in [0.25, 0.3) is 0 Å². The predicted octanol–water partition coefficient (Wildman–Crippen LogP) is 0.874. The number of ether oxygens (including phenoxy) is 1. The maximum Gasteiger partial charge on any atom is 0.186 e. The molecule has 1 aliphatic rings. The highest BCUT2D eigenvalue weighted by Crippen LogP contribution is 2.48. The third-order valence-electron chi connectivity index (χ3n) is 2.01. The molecule has 0 bridgehead atoms. The minimum absolute atomic E-state index is 0.213. The number of rotatable bonds is 3. The van der Waals surface area contributed by atoms with E-state index in [4.69, 9.17) is 15.6 Å². The Bertz CT molecular complexity index is 312. The van der Waals surface area contributed by atoms with E-state index in [1.54, 1.807) is 17.8 Å². The summed E-state index contributed by atoms with van der Waals surface area (Å²) in [5.41, 5.74) is 7.04. The number of nitrogens with two attached hydrogens (primary N) is 1. The summed E-state index contributed by atoms with van der Waals surface area (Å²) < 4.78 is 4.96. The molecule has 0 aromatic heterocycles.